The number of nitro benzene ring substituents is 1. The minimum atomic E-state index is -0.492. The van der Waals surface area contributed by atoms with Crippen molar-refractivity contribution in [1.29, 1.82) is 0 Å². The maximum atomic E-state index is 12.2. The van der Waals surface area contributed by atoms with Crippen LogP contribution in [0.4, 0.5) is 5.69 Å². The van der Waals surface area contributed by atoms with Gasteiger partial charge < -0.3 is 14.6 Å². The number of aromatic hydroxyl groups is 1. The number of hydrogen-bond donors (Lipinski definition) is 2. The molecular formula is C21H19N3O6. The lowest BCUT2D eigenvalue weighted by Crippen LogP contribution is -2.19. The first kappa shape index (κ1) is 20.6. The molecule has 30 heavy (non-hydrogen) atoms. The number of carbonyl (C=O) groups excluding carboxylic acids is 1. The molecule has 154 valence electrons. The lowest BCUT2D eigenvalue weighted by atomic mass is 10.0. The van der Waals surface area contributed by atoms with Crippen LogP contribution in [0, 0.1) is 10.1 Å². The van der Waals surface area contributed by atoms with E-state index in [0.717, 1.165) is 0 Å². The van der Waals surface area contributed by atoms with Gasteiger partial charge in [-0.25, -0.2) is 5.43 Å². The SMILES string of the molecule is COc1ccc(CC(=O)N/N=C/c2c(O)ccc3cc([N+](=O)[O-])ccc23)cc1OC. The van der Waals surface area contributed by atoms with Crippen LogP contribution >= 0.6 is 0 Å². The van der Waals surface area contributed by atoms with E-state index < -0.39 is 4.92 Å². The molecule has 0 aliphatic heterocycles. The molecule has 0 unspecified atom stereocenters. The van der Waals surface area contributed by atoms with Crippen molar-refractivity contribution in [3.05, 3.63) is 69.8 Å². The summed E-state index contributed by atoms with van der Waals surface area (Å²) in [5, 5.41) is 26.1. The predicted molar refractivity (Wildman–Crippen MR) is 111 cm³/mol. The molecule has 0 aromatic heterocycles. The van der Waals surface area contributed by atoms with Gasteiger partial charge in [0.1, 0.15) is 5.75 Å². The van der Waals surface area contributed by atoms with E-state index in [2.05, 4.69) is 10.5 Å². The van der Waals surface area contributed by atoms with Gasteiger partial charge in [-0.1, -0.05) is 12.1 Å². The highest BCUT2D eigenvalue weighted by molar-refractivity contribution is 6.03. The van der Waals surface area contributed by atoms with Crippen LogP contribution in [-0.2, 0) is 11.2 Å². The number of ether oxygens (including phenoxy) is 2. The Kier molecular flexibility index (Phi) is 6.11. The van der Waals surface area contributed by atoms with Crippen LogP contribution in [0.25, 0.3) is 10.8 Å². The summed E-state index contributed by atoms with van der Waals surface area (Å²) in [7, 11) is 3.04. The van der Waals surface area contributed by atoms with Crippen LogP contribution in [0.1, 0.15) is 11.1 Å². The minimum Gasteiger partial charge on any atom is -0.507 e. The number of hydrogen-bond acceptors (Lipinski definition) is 7. The van der Waals surface area contributed by atoms with E-state index in [1.807, 2.05) is 0 Å². The lowest BCUT2D eigenvalue weighted by Gasteiger charge is -2.09. The maximum absolute atomic E-state index is 12.2. The third-order valence-corrected chi connectivity index (χ3v) is 4.43. The molecule has 0 atom stereocenters. The smallest absolute Gasteiger partial charge is 0.270 e. The summed E-state index contributed by atoms with van der Waals surface area (Å²) in [4.78, 5) is 22.6. The Labute approximate surface area is 171 Å². The number of non-ortho nitro benzene ring substituents is 1. The second-order valence-corrected chi connectivity index (χ2v) is 6.32. The molecule has 0 saturated carbocycles. The number of fused-ring (bicyclic) bond motifs is 1. The highest BCUT2D eigenvalue weighted by Crippen LogP contribution is 2.29. The zero-order valence-corrected chi connectivity index (χ0v) is 16.3. The summed E-state index contributed by atoms with van der Waals surface area (Å²) in [6.45, 7) is 0. The molecule has 0 radical (unpaired) electrons. The predicted octanol–water partition coefficient (Wildman–Crippen LogP) is 3.16. The third kappa shape index (κ3) is 4.46. The van der Waals surface area contributed by atoms with Crippen LogP contribution in [-0.4, -0.2) is 36.4 Å². The molecule has 0 bridgehead atoms. The molecule has 0 fully saturated rings. The van der Waals surface area contributed by atoms with Crippen LogP contribution in [0.3, 0.4) is 0 Å². The molecule has 0 aliphatic carbocycles. The van der Waals surface area contributed by atoms with Gasteiger partial charge in [-0.15, -0.1) is 0 Å². The van der Waals surface area contributed by atoms with Crippen LogP contribution < -0.4 is 14.9 Å². The number of phenolic OH excluding ortho intramolecular Hbond substituents is 1. The van der Waals surface area contributed by atoms with E-state index in [4.69, 9.17) is 9.47 Å². The number of rotatable bonds is 7. The number of phenols is 1. The minimum absolute atomic E-state index is 0.0562. The summed E-state index contributed by atoms with van der Waals surface area (Å²) in [6.07, 6.45) is 1.36. The molecule has 0 spiro atoms. The normalized spacial score (nSPS) is 10.9. The maximum Gasteiger partial charge on any atom is 0.270 e. The van der Waals surface area contributed by atoms with Gasteiger partial charge in [0.15, 0.2) is 11.5 Å². The zero-order chi connectivity index (χ0) is 21.7. The summed E-state index contributed by atoms with van der Waals surface area (Å²) < 4.78 is 10.4. The van der Waals surface area contributed by atoms with E-state index in [1.165, 1.54) is 44.7 Å². The molecule has 9 nitrogen and oxygen atoms in total. The largest absolute Gasteiger partial charge is 0.507 e. The highest BCUT2D eigenvalue weighted by atomic mass is 16.6. The van der Waals surface area contributed by atoms with Crippen LogP contribution in [0.5, 0.6) is 17.2 Å². The average molecular weight is 409 g/mol. The number of benzene rings is 3. The summed E-state index contributed by atoms with van der Waals surface area (Å²) in [5.41, 5.74) is 3.40. The Bertz CT molecular complexity index is 1140. The van der Waals surface area contributed by atoms with E-state index in [0.29, 0.717) is 33.4 Å². The number of nitrogens with zero attached hydrogens (tertiary/aromatic N) is 2. The van der Waals surface area contributed by atoms with Crippen molar-refractivity contribution < 1.29 is 24.3 Å². The quantitative estimate of drug-likeness (QED) is 0.351. The summed E-state index contributed by atoms with van der Waals surface area (Å²) >= 11 is 0. The van der Waals surface area contributed by atoms with E-state index >= 15 is 0 Å². The fourth-order valence-corrected chi connectivity index (χ4v) is 2.96. The number of amides is 1. The van der Waals surface area contributed by atoms with Crippen molar-refractivity contribution in [3.8, 4) is 17.2 Å². The van der Waals surface area contributed by atoms with Crippen molar-refractivity contribution in [2.45, 2.75) is 6.42 Å². The van der Waals surface area contributed by atoms with E-state index in [-0.39, 0.29) is 23.8 Å². The Morgan fingerprint density at radius 1 is 1.13 bits per heavy atom. The topological polar surface area (TPSA) is 123 Å². The Morgan fingerprint density at radius 2 is 1.90 bits per heavy atom. The van der Waals surface area contributed by atoms with Gasteiger partial charge in [0.25, 0.3) is 5.69 Å². The van der Waals surface area contributed by atoms with Crippen molar-refractivity contribution >= 4 is 28.6 Å². The van der Waals surface area contributed by atoms with Crippen LogP contribution in [0.15, 0.2) is 53.6 Å². The van der Waals surface area contributed by atoms with Gasteiger partial charge in [-0.2, -0.15) is 5.10 Å². The second kappa shape index (κ2) is 8.91. The first-order chi connectivity index (χ1) is 14.4. The monoisotopic (exact) mass is 409 g/mol. The van der Waals surface area contributed by atoms with Gasteiger partial charge in [-0.05, 0) is 40.6 Å². The molecule has 3 rings (SSSR count). The molecule has 2 N–H and O–H groups in total. The van der Waals surface area contributed by atoms with Gasteiger partial charge >= 0.3 is 0 Å². The molecule has 9 heteroatoms. The zero-order valence-electron chi connectivity index (χ0n) is 16.3. The van der Waals surface area contributed by atoms with Crippen molar-refractivity contribution in [2.24, 2.45) is 5.10 Å². The third-order valence-electron chi connectivity index (χ3n) is 4.43. The lowest BCUT2D eigenvalue weighted by molar-refractivity contribution is -0.384. The number of methoxy groups -OCH3 is 2. The van der Waals surface area contributed by atoms with E-state index in [9.17, 15) is 20.0 Å². The van der Waals surface area contributed by atoms with Crippen molar-refractivity contribution in [1.82, 2.24) is 5.43 Å². The van der Waals surface area contributed by atoms with Crippen molar-refractivity contribution in [3.63, 3.8) is 0 Å². The Morgan fingerprint density at radius 3 is 2.60 bits per heavy atom. The molecule has 3 aromatic carbocycles. The highest BCUT2D eigenvalue weighted by Gasteiger charge is 2.11. The molecule has 0 aliphatic rings. The molecular weight excluding hydrogens is 390 g/mol. The summed E-state index contributed by atoms with van der Waals surface area (Å²) in [5.74, 6) is 0.649. The number of hydrazone groups is 1. The first-order valence-corrected chi connectivity index (χ1v) is 8.86. The standard InChI is InChI=1S/C21H19N3O6/c1-29-19-8-3-13(9-20(19)30-2)10-21(26)23-22-12-17-16-6-5-15(24(27)28)11-14(16)4-7-18(17)25/h3-9,11-12,25H,10H2,1-2H3,(H,23,26)/b22-12+. The molecule has 0 saturated heterocycles. The Balaban J connectivity index is 1.75. The van der Waals surface area contributed by atoms with Gasteiger partial charge in [0.2, 0.25) is 5.91 Å². The number of carbonyl (C=O) groups is 1. The van der Waals surface area contributed by atoms with Gasteiger partial charge in [0, 0.05) is 17.7 Å². The van der Waals surface area contributed by atoms with E-state index in [1.54, 1.807) is 24.3 Å². The number of nitro groups is 1. The summed E-state index contributed by atoms with van der Waals surface area (Å²) in [6, 6.07) is 12.4. The van der Waals surface area contributed by atoms with Gasteiger partial charge in [0.05, 0.1) is 31.8 Å². The Hall–Kier alpha value is -4.14. The fraction of sp³-hybridized carbons (Fsp3) is 0.143. The van der Waals surface area contributed by atoms with Gasteiger partial charge in [-0.3, -0.25) is 14.9 Å². The average Bonchev–Trinajstić information content (AvgIpc) is 2.74. The molecule has 0 heterocycles. The second-order valence-electron chi connectivity index (χ2n) is 6.32. The molecule has 1 amide bonds. The van der Waals surface area contributed by atoms with Crippen LogP contribution in [0.2, 0.25) is 0 Å². The van der Waals surface area contributed by atoms with Crippen molar-refractivity contribution in [2.75, 3.05) is 14.2 Å². The first-order valence-electron chi connectivity index (χ1n) is 8.86. The fourth-order valence-electron chi connectivity index (χ4n) is 2.96. The molecule has 3 aromatic rings. The number of nitrogens with one attached hydrogen (secondary N) is 1.